The van der Waals surface area contributed by atoms with Gasteiger partial charge in [0.15, 0.2) is 6.61 Å². The maximum Gasteiger partial charge on any atom is 0.318 e. The Kier molecular flexibility index (Phi) is 5.45. The molecule has 0 saturated carbocycles. The van der Waals surface area contributed by atoms with Gasteiger partial charge in [-0.15, -0.1) is 0 Å². The van der Waals surface area contributed by atoms with Gasteiger partial charge < -0.3 is 10.5 Å². The molecule has 2 aromatic carbocycles. The van der Waals surface area contributed by atoms with Gasteiger partial charge in [-0.25, -0.2) is 4.79 Å². The number of hydrogen-bond acceptors (Lipinski definition) is 5. The Labute approximate surface area is 137 Å². The molecule has 0 bridgehead atoms. The minimum absolute atomic E-state index is 0.0742. The predicted octanol–water partition coefficient (Wildman–Crippen LogP) is 1.76. The second-order valence-electron chi connectivity index (χ2n) is 4.91. The van der Waals surface area contributed by atoms with Crippen molar-refractivity contribution in [3.05, 3.63) is 69.8 Å². The molecule has 0 radical (unpaired) electrons. The van der Waals surface area contributed by atoms with Crippen molar-refractivity contribution in [3.63, 3.8) is 0 Å². The van der Waals surface area contributed by atoms with Crippen molar-refractivity contribution in [3.8, 4) is 5.75 Å². The van der Waals surface area contributed by atoms with Crippen LogP contribution in [-0.4, -0.2) is 23.5 Å². The molecule has 0 aliphatic rings. The number of ether oxygens (including phenoxy) is 1. The minimum atomic E-state index is -0.975. The molecule has 8 nitrogen and oxygen atoms in total. The lowest BCUT2D eigenvalue weighted by atomic mass is 10.0. The Morgan fingerprint density at radius 2 is 1.88 bits per heavy atom. The van der Waals surface area contributed by atoms with Gasteiger partial charge in [-0.1, -0.05) is 30.3 Å². The molecule has 3 amide bonds. The van der Waals surface area contributed by atoms with Crippen LogP contribution in [0.25, 0.3) is 0 Å². The Balaban J connectivity index is 2.21. The molecule has 24 heavy (non-hydrogen) atoms. The van der Waals surface area contributed by atoms with E-state index in [1.165, 1.54) is 18.2 Å². The van der Waals surface area contributed by atoms with E-state index in [9.17, 15) is 19.7 Å². The summed E-state index contributed by atoms with van der Waals surface area (Å²) < 4.78 is 5.36. The van der Waals surface area contributed by atoms with E-state index >= 15 is 0 Å². The Morgan fingerprint density at radius 1 is 1.17 bits per heavy atom. The molecular formula is C16H15N3O5. The summed E-state index contributed by atoms with van der Waals surface area (Å²) in [6.07, 6.45) is 0.398. The maximum absolute atomic E-state index is 11.4. The van der Waals surface area contributed by atoms with Crippen molar-refractivity contribution in [2.45, 2.75) is 6.42 Å². The first-order valence-corrected chi connectivity index (χ1v) is 6.99. The SMILES string of the molecule is NC(=O)NC(=O)COc1ccc([N+](=O)[O-])cc1Cc1ccccc1. The average Bonchev–Trinajstić information content (AvgIpc) is 2.54. The fourth-order valence-electron chi connectivity index (χ4n) is 2.09. The van der Waals surface area contributed by atoms with E-state index in [-0.39, 0.29) is 5.69 Å². The third-order valence-corrected chi connectivity index (χ3v) is 3.11. The molecule has 124 valence electrons. The highest BCUT2D eigenvalue weighted by molar-refractivity contribution is 5.94. The summed E-state index contributed by atoms with van der Waals surface area (Å²) in [4.78, 5) is 32.5. The molecule has 0 heterocycles. The van der Waals surface area contributed by atoms with Crippen LogP contribution < -0.4 is 15.8 Å². The molecular weight excluding hydrogens is 314 g/mol. The number of non-ortho nitro benzene ring substituents is 1. The quantitative estimate of drug-likeness (QED) is 0.617. The molecule has 0 unspecified atom stereocenters. The summed E-state index contributed by atoms with van der Waals surface area (Å²) in [7, 11) is 0. The lowest BCUT2D eigenvalue weighted by Crippen LogP contribution is -2.38. The summed E-state index contributed by atoms with van der Waals surface area (Å²) in [6, 6.07) is 12.5. The molecule has 3 N–H and O–H groups in total. The number of nitro groups is 1. The van der Waals surface area contributed by atoms with E-state index in [0.717, 1.165) is 5.56 Å². The highest BCUT2D eigenvalue weighted by Crippen LogP contribution is 2.26. The van der Waals surface area contributed by atoms with Gasteiger partial charge in [0.05, 0.1) is 4.92 Å². The van der Waals surface area contributed by atoms with Crippen molar-refractivity contribution in [2.24, 2.45) is 5.73 Å². The smallest absolute Gasteiger partial charge is 0.318 e. The number of carbonyl (C=O) groups excluding carboxylic acids is 2. The highest BCUT2D eigenvalue weighted by Gasteiger charge is 2.14. The van der Waals surface area contributed by atoms with E-state index in [2.05, 4.69) is 0 Å². The number of imide groups is 1. The molecule has 8 heteroatoms. The monoisotopic (exact) mass is 329 g/mol. The van der Waals surface area contributed by atoms with Crippen molar-refractivity contribution in [2.75, 3.05) is 6.61 Å². The number of primary amides is 1. The van der Waals surface area contributed by atoms with Crippen LogP contribution in [-0.2, 0) is 11.2 Å². The lowest BCUT2D eigenvalue weighted by molar-refractivity contribution is -0.384. The fourth-order valence-corrected chi connectivity index (χ4v) is 2.09. The highest BCUT2D eigenvalue weighted by atomic mass is 16.6. The van der Waals surface area contributed by atoms with Crippen LogP contribution in [0.2, 0.25) is 0 Å². The van der Waals surface area contributed by atoms with Crippen molar-refractivity contribution in [1.29, 1.82) is 0 Å². The molecule has 0 aromatic heterocycles. The first-order valence-electron chi connectivity index (χ1n) is 6.99. The van der Waals surface area contributed by atoms with E-state index in [4.69, 9.17) is 10.5 Å². The number of nitrogens with two attached hydrogens (primary N) is 1. The first kappa shape index (κ1) is 16.9. The third kappa shape index (κ3) is 4.80. The van der Waals surface area contributed by atoms with Gasteiger partial charge in [0, 0.05) is 24.1 Å². The van der Waals surface area contributed by atoms with Crippen molar-refractivity contribution in [1.82, 2.24) is 5.32 Å². The summed E-state index contributed by atoms with van der Waals surface area (Å²) in [5.41, 5.74) is 6.26. The van der Waals surface area contributed by atoms with Crippen LogP contribution in [0.4, 0.5) is 10.5 Å². The van der Waals surface area contributed by atoms with Crippen LogP contribution in [0.5, 0.6) is 5.75 Å². The first-order chi connectivity index (χ1) is 11.5. The number of hydrogen-bond donors (Lipinski definition) is 2. The average molecular weight is 329 g/mol. The summed E-state index contributed by atoms with van der Waals surface area (Å²) in [5, 5.41) is 12.8. The molecule has 0 aliphatic carbocycles. The zero-order valence-corrected chi connectivity index (χ0v) is 12.6. The van der Waals surface area contributed by atoms with Gasteiger partial charge in [0.25, 0.3) is 11.6 Å². The number of benzene rings is 2. The molecule has 0 spiro atoms. The predicted molar refractivity (Wildman–Crippen MR) is 85.6 cm³/mol. The van der Waals surface area contributed by atoms with Gasteiger partial charge in [-0.2, -0.15) is 0 Å². The van der Waals surface area contributed by atoms with Gasteiger partial charge in [0.2, 0.25) is 0 Å². The zero-order valence-electron chi connectivity index (χ0n) is 12.6. The number of nitro benzene ring substituents is 1. The number of carbonyl (C=O) groups is 2. The van der Waals surface area contributed by atoms with Crippen molar-refractivity contribution >= 4 is 17.6 Å². The maximum atomic E-state index is 11.4. The second kappa shape index (κ2) is 7.73. The largest absolute Gasteiger partial charge is 0.483 e. The standard InChI is InChI=1S/C16H15N3O5/c17-16(21)18-15(20)10-24-14-7-6-13(19(22)23)9-12(14)8-11-4-2-1-3-5-11/h1-7,9H,8,10H2,(H3,17,18,20,21). The van der Waals surface area contributed by atoms with Crippen LogP contribution in [0, 0.1) is 10.1 Å². The Bertz CT molecular complexity index is 762. The zero-order chi connectivity index (χ0) is 17.5. The van der Waals surface area contributed by atoms with Crippen molar-refractivity contribution < 1.29 is 19.2 Å². The van der Waals surface area contributed by atoms with E-state index in [0.29, 0.717) is 17.7 Å². The Morgan fingerprint density at radius 3 is 2.50 bits per heavy atom. The normalized spacial score (nSPS) is 10.0. The Hall–Kier alpha value is -3.42. The number of rotatable bonds is 6. The van der Waals surface area contributed by atoms with E-state index < -0.39 is 23.5 Å². The van der Waals surface area contributed by atoms with Crippen LogP contribution >= 0.6 is 0 Å². The number of urea groups is 1. The molecule has 2 rings (SSSR count). The van der Waals surface area contributed by atoms with Gasteiger partial charge in [-0.05, 0) is 11.6 Å². The fraction of sp³-hybridized carbons (Fsp3) is 0.125. The van der Waals surface area contributed by atoms with Crippen LogP contribution in [0.15, 0.2) is 48.5 Å². The molecule has 0 saturated heterocycles. The minimum Gasteiger partial charge on any atom is -0.483 e. The van der Waals surface area contributed by atoms with Gasteiger partial charge in [0.1, 0.15) is 5.75 Å². The summed E-state index contributed by atoms with van der Waals surface area (Å²) >= 11 is 0. The van der Waals surface area contributed by atoms with Crippen LogP contribution in [0.3, 0.4) is 0 Å². The van der Waals surface area contributed by atoms with E-state index in [1.54, 1.807) is 0 Å². The molecule has 0 fully saturated rings. The topological polar surface area (TPSA) is 125 Å². The summed E-state index contributed by atoms with van der Waals surface area (Å²) in [6.45, 7) is -0.428. The van der Waals surface area contributed by atoms with E-state index in [1.807, 2.05) is 35.6 Å². The third-order valence-electron chi connectivity index (χ3n) is 3.11. The number of nitrogens with one attached hydrogen (secondary N) is 1. The van der Waals surface area contributed by atoms with Gasteiger partial charge >= 0.3 is 6.03 Å². The molecule has 0 aliphatic heterocycles. The lowest BCUT2D eigenvalue weighted by Gasteiger charge is -2.11. The van der Waals surface area contributed by atoms with Gasteiger partial charge in [-0.3, -0.25) is 20.2 Å². The summed E-state index contributed by atoms with van der Waals surface area (Å²) in [5.74, 6) is -0.379. The molecule has 2 aromatic rings. The van der Waals surface area contributed by atoms with Crippen LogP contribution in [0.1, 0.15) is 11.1 Å². The molecule has 0 atom stereocenters. The number of nitrogens with zero attached hydrogens (tertiary/aromatic N) is 1. The number of amides is 3. The second-order valence-corrected chi connectivity index (χ2v) is 4.91.